The van der Waals surface area contributed by atoms with Crippen molar-refractivity contribution in [3.63, 3.8) is 0 Å². The molecule has 1 aliphatic heterocycles. The predicted octanol–water partition coefficient (Wildman–Crippen LogP) is 3.89. The third-order valence-electron chi connectivity index (χ3n) is 3.32. The van der Waals surface area contributed by atoms with Crippen LogP contribution in [0.1, 0.15) is 5.56 Å². The van der Waals surface area contributed by atoms with E-state index in [0.29, 0.717) is 17.3 Å². The molecule has 0 spiro atoms. The first-order valence-electron chi connectivity index (χ1n) is 7.42. The predicted molar refractivity (Wildman–Crippen MR) is 90.4 cm³/mol. The van der Waals surface area contributed by atoms with Gasteiger partial charge in [0, 0.05) is 5.75 Å². The molecule has 1 heterocycles. The summed E-state index contributed by atoms with van der Waals surface area (Å²) in [6.45, 7) is -2.73. The van der Waals surface area contributed by atoms with E-state index in [2.05, 4.69) is 10.1 Å². The van der Waals surface area contributed by atoms with Gasteiger partial charge in [-0.15, -0.1) is 11.8 Å². The molecule has 2 aromatic rings. The number of rotatable bonds is 7. The maximum Gasteiger partial charge on any atom is 0.387 e. The number of para-hydroxylation sites is 2. The van der Waals surface area contributed by atoms with E-state index >= 15 is 0 Å². The normalized spacial score (nSPS) is 12.3. The number of alkyl halides is 2. The van der Waals surface area contributed by atoms with E-state index in [1.54, 1.807) is 12.1 Å². The van der Waals surface area contributed by atoms with Gasteiger partial charge in [-0.25, -0.2) is 0 Å². The summed E-state index contributed by atoms with van der Waals surface area (Å²) < 4.78 is 39.7. The van der Waals surface area contributed by atoms with Crippen molar-refractivity contribution < 1.29 is 27.8 Å². The van der Waals surface area contributed by atoms with Gasteiger partial charge in [0.2, 0.25) is 12.7 Å². The number of halogens is 2. The zero-order valence-electron chi connectivity index (χ0n) is 13.0. The monoisotopic (exact) mass is 367 g/mol. The number of nitrogens with one attached hydrogen (secondary N) is 1. The van der Waals surface area contributed by atoms with Crippen molar-refractivity contribution in [3.8, 4) is 17.2 Å². The summed E-state index contributed by atoms with van der Waals surface area (Å²) in [4.78, 5) is 12.0. The summed E-state index contributed by atoms with van der Waals surface area (Å²) in [6.07, 6.45) is 0. The Morgan fingerprint density at radius 2 is 2.00 bits per heavy atom. The van der Waals surface area contributed by atoms with Crippen molar-refractivity contribution >= 4 is 23.4 Å². The fourth-order valence-electron chi connectivity index (χ4n) is 2.25. The Balaban J connectivity index is 1.50. The lowest BCUT2D eigenvalue weighted by molar-refractivity contribution is -0.113. The molecule has 0 radical (unpaired) electrons. The molecule has 8 heteroatoms. The Morgan fingerprint density at radius 3 is 2.84 bits per heavy atom. The van der Waals surface area contributed by atoms with Gasteiger partial charge >= 0.3 is 6.61 Å². The highest BCUT2D eigenvalue weighted by Gasteiger charge is 2.14. The van der Waals surface area contributed by atoms with Crippen LogP contribution in [0.15, 0.2) is 42.5 Å². The number of amides is 1. The Bertz CT molecular complexity index is 757. The first kappa shape index (κ1) is 17.3. The molecule has 1 N–H and O–H groups in total. The lowest BCUT2D eigenvalue weighted by atomic mass is 10.2. The number of carbonyl (C=O) groups is 1. The summed E-state index contributed by atoms with van der Waals surface area (Å²) in [6, 6.07) is 11.7. The van der Waals surface area contributed by atoms with Crippen LogP contribution in [0, 0.1) is 0 Å². The molecule has 132 valence electrons. The minimum atomic E-state index is -2.95. The van der Waals surface area contributed by atoms with E-state index in [9.17, 15) is 13.6 Å². The smallest absolute Gasteiger partial charge is 0.387 e. The summed E-state index contributed by atoms with van der Waals surface area (Å²) in [5.41, 5.74) is 1.22. The maximum absolute atomic E-state index is 12.4. The molecule has 1 aliphatic rings. The van der Waals surface area contributed by atoms with Gasteiger partial charge in [0.25, 0.3) is 0 Å². The first-order valence-corrected chi connectivity index (χ1v) is 8.57. The molecule has 0 unspecified atom stereocenters. The number of benzene rings is 2. The molecule has 1 amide bonds. The van der Waals surface area contributed by atoms with Gasteiger partial charge in [-0.2, -0.15) is 8.78 Å². The minimum Gasteiger partial charge on any atom is -0.454 e. The highest BCUT2D eigenvalue weighted by molar-refractivity contribution is 7.99. The van der Waals surface area contributed by atoms with Crippen molar-refractivity contribution in [3.05, 3.63) is 48.0 Å². The van der Waals surface area contributed by atoms with Crippen LogP contribution in [0.25, 0.3) is 0 Å². The Kier molecular flexibility index (Phi) is 5.60. The van der Waals surface area contributed by atoms with Crippen LogP contribution in [0.3, 0.4) is 0 Å². The maximum atomic E-state index is 12.4. The first-order chi connectivity index (χ1) is 12.1. The van der Waals surface area contributed by atoms with Crippen LogP contribution in [0.4, 0.5) is 14.5 Å². The fourth-order valence-corrected chi connectivity index (χ4v) is 3.02. The van der Waals surface area contributed by atoms with E-state index in [1.165, 1.54) is 23.9 Å². The van der Waals surface area contributed by atoms with Crippen LogP contribution < -0.4 is 19.5 Å². The van der Waals surface area contributed by atoms with Crippen LogP contribution >= 0.6 is 11.8 Å². The summed E-state index contributed by atoms with van der Waals surface area (Å²) >= 11 is 1.40. The van der Waals surface area contributed by atoms with E-state index in [1.807, 2.05) is 18.2 Å². The zero-order chi connectivity index (χ0) is 17.6. The van der Waals surface area contributed by atoms with Crippen molar-refractivity contribution in [2.75, 3.05) is 17.9 Å². The Labute approximate surface area is 147 Å². The summed E-state index contributed by atoms with van der Waals surface area (Å²) in [5.74, 6) is 1.84. The van der Waals surface area contributed by atoms with Crippen LogP contribution in [0.5, 0.6) is 17.2 Å². The molecular weight excluding hydrogens is 352 g/mol. The number of ether oxygens (including phenoxy) is 3. The molecule has 0 aliphatic carbocycles. The van der Waals surface area contributed by atoms with E-state index in [0.717, 1.165) is 5.56 Å². The second-order valence-corrected chi connectivity index (χ2v) is 6.09. The van der Waals surface area contributed by atoms with Crippen LogP contribution in [-0.2, 0) is 10.5 Å². The standard InChI is InChI=1S/C17H15F2NO4S/c18-17(19)24-13-4-2-1-3-12(13)20-16(21)9-25-8-11-5-6-14-15(7-11)23-10-22-14/h1-7,17H,8-10H2,(H,20,21). The van der Waals surface area contributed by atoms with Crippen LogP contribution in [0.2, 0.25) is 0 Å². The molecule has 5 nitrogen and oxygen atoms in total. The van der Waals surface area contributed by atoms with E-state index in [-0.39, 0.29) is 29.9 Å². The van der Waals surface area contributed by atoms with Gasteiger partial charge in [-0.3, -0.25) is 4.79 Å². The molecule has 0 aromatic heterocycles. The number of carbonyl (C=O) groups excluding carboxylic acids is 1. The summed E-state index contributed by atoms with van der Waals surface area (Å²) in [5, 5.41) is 2.58. The SMILES string of the molecule is O=C(CSCc1ccc2c(c1)OCO2)Nc1ccccc1OC(F)F. The summed E-state index contributed by atoms with van der Waals surface area (Å²) in [7, 11) is 0. The molecule has 0 atom stereocenters. The molecule has 0 bridgehead atoms. The van der Waals surface area contributed by atoms with Crippen molar-refractivity contribution in [2.24, 2.45) is 0 Å². The van der Waals surface area contributed by atoms with Crippen molar-refractivity contribution in [2.45, 2.75) is 12.4 Å². The zero-order valence-corrected chi connectivity index (χ0v) is 13.9. The molecule has 0 fully saturated rings. The van der Waals surface area contributed by atoms with E-state index in [4.69, 9.17) is 9.47 Å². The van der Waals surface area contributed by atoms with Gasteiger partial charge in [-0.1, -0.05) is 18.2 Å². The van der Waals surface area contributed by atoms with Gasteiger partial charge in [0.15, 0.2) is 11.5 Å². The van der Waals surface area contributed by atoms with Gasteiger partial charge in [-0.05, 0) is 29.8 Å². The molecule has 2 aromatic carbocycles. The second-order valence-electron chi connectivity index (χ2n) is 5.10. The second kappa shape index (κ2) is 8.06. The lowest BCUT2D eigenvalue weighted by Gasteiger charge is -2.11. The molecule has 3 rings (SSSR count). The fraction of sp³-hybridized carbons (Fsp3) is 0.235. The molecule has 0 saturated heterocycles. The molecule has 25 heavy (non-hydrogen) atoms. The Morgan fingerprint density at radius 1 is 1.20 bits per heavy atom. The van der Waals surface area contributed by atoms with E-state index < -0.39 is 6.61 Å². The van der Waals surface area contributed by atoms with Gasteiger partial charge < -0.3 is 19.5 Å². The number of thioether (sulfide) groups is 1. The quantitative estimate of drug-likeness (QED) is 0.805. The Hall–Kier alpha value is -2.48. The van der Waals surface area contributed by atoms with Crippen molar-refractivity contribution in [1.29, 1.82) is 0 Å². The topological polar surface area (TPSA) is 56.8 Å². The minimum absolute atomic E-state index is 0.0633. The largest absolute Gasteiger partial charge is 0.454 e. The average Bonchev–Trinajstić information content (AvgIpc) is 3.04. The van der Waals surface area contributed by atoms with Crippen molar-refractivity contribution in [1.82, 2.24) is 0 Å². The van der Waals surface area contributed by atoms with Gasteiger partial charge in [0.1, 0.15) is 5.75 Å². The highest BCUT2D eigenvalue weighted by atomic mass is 32.2. The third kappa shape index (κ3) is 4.76. The number of hydrogen-bond acceptors (Lipinski definition) is 5. The number of fused-ring (bicyclic) bond motifs is 1. The average molecular weight is 367 g/mol. The number of anilines is 1. The number of hydrogen-bond donors (Lipinski definition) is 1. The molecular formula is C17H15F2NO4S. The van der Waals surface area contributed by atoms with Crippen LogP contribution in [-0.4, -0.2) is 25.1 Å². The highest BCUT2D eigenvalue weighted by Crippen LogP contribution is 2.33. The molecule has 0 saturated carbocycles. The van der Waals surface area contributed by atoms with Gasteiger partial charge in [0.05, 0.1) is 11.4 Å². The lowest BCUT2D eigenvalue weighted by Crippen LogP contribution is -2.15. The third-order valence-corrected chi connectivity index (χ3v) is 4.32.